The van der Waals surface area contributed by atoms with Crippen LogP contribution in [0.5, 0.6) is 11.5 Å². The number of sulfone groups is 1. The first kappa shape index (κ1) is 21.3. The molecule has 2 rings (SSSR count). The van der Waals surface area contributed by atoms with E-state index in [9.17, 15) is 8.42 Å². The van der Waals surface area contributed by atoms with Gasteiger partial charge in [-0.3, -0.25) is 4.99 Å². The molecular formula is C19H31N3O4S. The topological polar surface area (TPSA) is 80.2 Å². The summed E-state index contributed by atoms with van der Waals surface area (Å²) in [6, 6.07) is 5.85. The minimum atomic E-state index is -3.07. The van der Waals surface area contributed by atoms with Gasteiger partial charge in [0.25, 0.3) is 0 Å². The first-order valence-corrected chi connectivity index (χ1v) is 10.9. The Morgan fingerprint density at radius 1 is 1.26 bits per heavy atom. The van der Waals surface area contributed by atoms with Gasteiger partial charge in [-0.1, -0.05) is 6.07 Å². The molecule has 27 heavy (non-hydrogen) atoms. The maximum atomic E-state index is 12.2. The molecule has 0 atom stereocenters. The number of nitrogens with zero attached hydrogens (tertiary/aromatic N) is 2. The van der Waals surface area contributed by atoms with Crippen LogP contribution in [0.3, 0.4) is 0 Å². The maximum absolute atomic E-state index is 12.2. The van der Waals surface area contributed by atoms with E-state index in [1.807, 2.05) is 30.0 Å². The van der Waals surface area contributed by atoms with Crippen molar-refractivity contribution in [1.82, 2.24) is 10.2 Å². The standard InChI is InChI=1S/C19H31N3O4S/c1-6-20-18(22-11-12-27(23,24)19(2,3)14-22)21-10-9-15-7-8-16(25-4)17(13-15)26-5/h7-8,13H,6,9-12,14H2,1-5H3,(H,20,21). The average Bonchev–Trinajstić information content (AvgIpc) is 2.63. The number of hydrogen-bond donors (Lipinski definition) is 1. The van der Waals surface area contributed by atoms with Crippen molar-refractivity contribution in [3.05, 3.63) is 23.8 Å². The molecule has 0 amide bonds. The second-order valence-electron chi connectivity index (χ2n) is 7.18. The lowest BCUT2D eigenvalue weighted by molar-refractivity contribution is 0.353. The van der Waals surface area contributed by atoms with Gasteiger partial charge in [0.2, 0.25) is 0 Å². The lowest BCUT2D eigenvalue weighted by Gasteiger charge is -2.39. The van der Waals surface area contributed by atoms with Crippen LogP contribution in [0.2, 0.25) is 0 Å². The van der Waals surface area contributed by atoms with Crippen LogP contribution in [0.4, 0.5) is 0 Å². The molecule has 1 heterocycles. The number of methoxy groups -OCH3 is 2. The molecule has 1 aromatic rings. The fourth-order valence-electron chi connectivity index (χ4n) is 3.08. The summed E-state index contributed by atoms with van der Waals surface area (Å²) in [5, 5.41) is 3.28. The Hall–Kier alpha value is -1.96. The van der Waals surface area contributed by atoms with Crippen molar-refractivity contribution in [1.29, 1.82) is 0 Å². The zero-order valence-corrected chi connectivity index (χ0v) is 17.7. The highest BCUT2D eigenvalue weighted by molar-refractivity contribution is 7.92. The van der Waals surface area contributed by atoms with Crippen molar-refractivity contribution in [2.24, 2.45) is 4.99 Å². The predicted octanol–water partition coefficient (Wildman–Crippen LogP) is 1.72. The van der Waals surface area contributed by atoms with E-state index in [0.29, 0.717) is 31.1 Å². The lowest BCUT2D eigenvalue weighted by Crippen LogP contribution is -2.57. The molecule has 0 aliphatic carbocycles. The van der Waals surface area contributed by atoms with Crippen molar-refractivity contribution >= 4 is 15.8 Å². The molecule has 1 saturated heterocycles. The Bertz CT molecular complexity index is 775. The third kappa shape index (κ3) is 5.06. The average molecular weight is 398 g/mol. The molecule has 152 valence electrons. The second-order valence-corrected chi connectivity index (χ2v) is 9.92. The van der Waals surface area contributed by atoms with E-state index in [1.54, 1.807) is 28.1 Å². The second kappa shape index (κ2) is 8.82. The Balaban J connectivity index is 2.08. The summed E-state index contributed by atoms with van der Waals surface area (Å²) in [5.41, 5.74) is 1.11. The molecule has 1 fully saturated rings. The van der Waals surface area contributed by atoms with Crippen LogP contribution in [0.1, 0.15) is 26.3 Å². The van der Waals surface area contributed by atoms with E-state index >= 15 is 0 Å². The van der Waals surface area contributed by atoms with Gasteiger partial charge >= 0.3 is 0 Å². The van der Waals surface area contributed by atoms with Crippen LogP contribution in [-0.4, -0.2) is 70.2 Å². The minimum Gasteiger partial charge on any atom is -0.493 e. The molecule has 0 radical (unpaired) electrons. The van der Waals surface area contributed by atoms with Gasteiger partial charge in [-0.05, 0) is 44.9 Å². The van der Waals surface area contributed by atoms with Gasteiger partial charge in [0.05, 0.1) is 24.7 Å². The van der Waals surface area contributed by atoms with Crippen molar-refractivity contribution < 1.29 is 17.9 Å². The Kier molecular flexibility index (Phi) is 6.97. The van der Waals surface area contributed by atoms with Gasteiger partial charge in [-0.25, -0.2) is 8.42 Å². The number of guanidine groups is 1. The molecule has 0 unspecified atom stereocenters. The summed E-state index contributed by atoms with van der Waals surface area (Å²) in [4.78, 5) is 6.75. The number of nitrogens with one attached hydrogen (secondary N) is 1. The highest BCUT2D eigenvalue weighted by atomic mass is 32.2. The summed E-state index contributed by atoms with van der Waals surface area (Å²) < 4.78 is 34.3. The van der Waals surface area contributed by atoms with Crippen LogP contribution < -0.4 is 14.8 Å². The van der Waals surface area contributed by atoms with E-state index in [4.69, 9.17) is 14.5 Å². The maximum Gasteiger partial charge on any atom is 0.194 e. The third-order valence-corrected chi connectivity index (χ3v) is 7.32. The number of hydrogen-bond acceptors (Lipinski definition) is 5. The Morgan fingerprint density at radius 2 is 1.96 bits per heavy atom. The summed E-state index contributed by atoms with van der Waals surface area (Å²) >= 11 is 0. The summed E-state index contributed by atoms with van der Waals surface area (Å²) in [5.74, 6) is 2.32. The molecule has 0 bridgehead atoms. The summed E-state index contributed by atoms with van der Waals surface area (Å²) in [7, 11) is 0.166. The SMILES string of the molecule is CCNC(=NCCc1ccc(OC)c(OC)c1)N1CCS(=O)(=O)C(C)(C)C1. The highest BCUT2D eigenvalue weighted by Gasteiger charge is 2.40. The summed E-state index contributed by atoms with van der Waals surface area (Å²) in [6.07, 6.45) is 0.755. The zero-order valence-electron chi connectivity index (χ0n) is 16.9. The van der Waals surface area contributed by atoms with Gasteiger partial charge in [-0.2, -0.15) is 0 Å². The molecule has 0 spiro atoms. The van der Waals surface area contributed by atoms with Crippen molar-refractivity contribution in [2.45, 2.75) is 31.9 Å². The van der Waals surface area contributed by atoms with Crippen molar-refractivity contribution in [2.75, 3.05) is 46.2 Å². The van der Waals surface area contributed by atoms with Gasteiger partial charge < -0.3 is 19.7 Å². The molecule has 0 aromatic heterocycles. The van der Waals surface area contributed by atoms with Gasteiger partial charge in [0.1, 0.15) is 0 Å². The van der Waals surface area contributed by atoms with E-state index < -0.39 is 14.6 Å². The molecule has 1 aliphatic rings. The molecule has 7 nitrogen and oxygen atoms in total. The number of aliphatic imine (C=N–C) groups is 1. The van der Waals surface area contributed by atoms with Crippen LogP contribution >= 0.6 is 0 Å². The largest absolute Gasteiger partial charge is 0.493 e. The van der Waals surface area contributed by atoms with Crippen molar-refractivity contribution in [3.8, 4) is 11.5 Å². The molecule has 1 N–H and O–H groups in total. The summed E-state index contributed by atoms with van der Waals surface area (Å²) in [6.45, 7) is 7.81. The Morgan fingerprint density at radius 3 is 2.56 bits per heavy atom. The highest BCUT2D eigenvalue weighted by Crippen LogP contribution is 2.28. The van der Waals surface area contributed by atoms with E-state index in [0.717, 1.165) is 24.5 Å². The van der Waals surface area contributed by atoms with Crippen LogP contribution in [-0.2, 0) is 16.3 Å². The smallest absolute Gasteiger partial charge is 0.194 e. The van der Waals surface area contributed by atoms with Crippen LogP contribution in [0, 0.1) is 0 Å². The predicted molar refractivity (Wildman–Crippen MR) is 109 cm³/mol. The van der Waals surface area contributed by atoms with Gasteiger partial charge in [0, 0.05) is 26.2 Å². The van der Waals surface area contributed by atoms with Gasteiger partial charge in [-0.15, -0.1) is 0 Å². The zero-order chi connectivity index (χ0) is 20.1. The molecule has 0 saturated carbocycles. The minimum absolute atomic E-state index is 0.153. The third-order valence-electron chi connectivity index (χ3n) is 4.79. The van der Waals surface area contributed by atoms with Crippen LogP contribution in [0.15, 0.2) is 23.2 Å². The number of benzene rings is 1. The molecule has 1 aliphatic heterocycles. The van der Waals surface area contributed by atoms with Crippen molar-refractivity contribution in [3.63, 3.8) is 0 Å². The first-order chi connectivity index (χ1) is 12.7. The quantitative estimate of drug-likeness (QED) is 0.582. The molecule has 1 aromatic carbocycles. The molecular weight excluding hydrogens is 366 g/mol. The number of ether oxygens (including phenoxy) is 2. The first-order valence-electron chi connectivity index (χ1n) is 9.20. The normalized spacial score (nSPS) is 18.9. The van der Waals surface area contributed by atoms with E-state index in [1.165, 1.54) is 0 Å². The number of rotatable bonds is 6. The fraction of sp³-hybridized carbons (Fsp3) is 0.632. The van der Waals surface area contributed by atoms with E-state index in [2.05, 4.69) is 5.32 Å². The monoisotopic (exact) mass is 397 g/mol. The molecule has 8 heteroatoms. The fourth-order valence-corrected chi connectivity index (χ4v) is 4.44. The Labute approximate surface area is 162 Å². The van der Waals surface area contributed by atoms with Gasteiger partial charge in [0.15, 0.2) is 27.3 Å². The van der Waals surface area contributed by atoms with E-state index in [-0.39, 0.29) is 5.75 Å². The van der Waals surface area contributed by atoms with Crippen LogP contribution in [0.25, 0.3) is 0 Å². The lowest BCUT2D eigenvalue weighted by atomic mass is 10.1.